The maximum atomic E-state index is 8.56. The fraction of sp³-hybridized carbons (Fsp3) is 1.00. The van der Waals surface area contributed by atoms with Gasteiger partial charge in [-0.25, -0.2) is 0 Å². The fourth-order valence-corrected chi connectivity index (χ4v) is 1.08. The number of rotatable bonds is 7. The van der Waals surface area contributed by atoms with Crippen LogP contribution in [-0.2, 0) is 0 Å². The Morgan fingerprint density at radius 2 is 1.67 bits per heavy atom. The Kier molecular flexibility index (Phi) is 15.3. The number of nitrogens with zero attached hydrogens (tertiary/aromatic N) is 1. The first-order chi connectivity index (χ1) is 5.31. The van der Waals surface area contributed by atoms with E-state index in [-0.39, 0.29) is 29.6 Å². The van der Waals surface area contributed by atoms with Crippen molar-refractivity contribution in [1.82, 2.24) is 4.90 Å². The molecule has 1 N–H and O–H groups in total. The van der Waals surface area contributed by atoms with Gasteiger partial charge in [0.05, 0.1) is 0 Å². The summed E-state index contributed by atoms with van der Waals surface area (Å²) in [7, 11) is 2.12. The summed E-state index contributed by atoms with van der Waals surface area (Å²) in [6, 6.07) is 0. The van der Waals surface area contributed by atoms with E-state index in [0.29, 0.717) is 6.61 Å². The molecule has 0 spiro atoms. The van der Waals surface area contributed by atoms with Gasteiger partial charge in [-0.3, -0.25) is 0 Å². The molecule has 3 heteroatoms. The third-order valence-corrected chi connectivity index (χ3v) is 1.84. The maximum absolute atomic E-state index is 8.56. The second-order valence-electron chi connectivity index (χ2n) is 3.09. The first-order valence-electron chi connectivity index (χ1n) is 4.60. The van der Waals surface area contributed by atoms with Gasteiger partial charge in [0.25, 0.3) is 0 Å². The summed E-state index contributed by atoms with van der Waals surface area (Å²) in [6.07, 6.45) is 4.80. The van der Waals surface area contributed by atoms with Crippen LogP contribution < -0.4 is 0 Å². The van der Waals surface area contributed by atoms with Gasteiger partial charge in [0.2, 0.25) is 0 Å². The number of hydrogen-bond donors (Lipinski definition) is 1. The van der Waals surface area contributed by atoms with E-state index >= 15 is 0 Å². The predicted octanol–water partition coefficient (Wildman–Crippen LogP) is 0.842. The van der Waals surface area contributed by atoms with E-state index in [1.54, 1.807) is 0 Å². The zero-order valence-electron chi connectivity index (χ0n) is 7.84. The van der Waals surface area contributed by atoms with Crippen LogP contribution in [0.4, 0.5) is 0 Å². The molecule has 0 aliphatic carbocycles. The molecule has 0 aliphatic heterocycles. The van der Waals surface area contributed by atoms with Crippen molar-refractivity contribution in [3.8, 4) is 0 Å². The Balaban J connectivity index is 0. The molecule has 0 amide bonds. The van der Waals surface area contributed by atoms with Gasteiger partial charge < -0.3 is 10.0 Å². The van der Waals surface area contributed by atoms with Crippen molar-refractivity contribution >= 4 is 29.6 Å². The standard InChI is InChI=1S/C9H21NO.Na.H/c1-3-4-5-7-10(2)8-6-9-11;;/h11H,3-9H2,1-2H3;;. The molecule has 2 nitrogen and oxygen atoms in total. The number of aliphatic hydroxyl groups is 1. The van der Waals surface area contributed by atoms with Gasteiger partial charge in [-0.05, 0) is 26.4 Å². The van der Waals surface area contributed by atoms with Crippen LogP contribution in [0.2, 0.25) is 0 Å². The summed E-state index contributed by atoms with van der Waals surface area (Å²) in [5.41, 5.74) is 0. The van der Waals surface area contributed by atoms with Crippen molar-refractivity contribution in [3.05, 3.63) is 0 Å². The molecule has 0 rings (SSSR count). The summed E-state index contributed by atoms with van der Waals surface area (Å²) in [5.74, 6) is 0. The molecule has 0 aromatic heterocycles. The minimum absolute atomic E-state index is 0. The molecule has 0 heterocycles. The van der Waals surface area contributed by atoms with E-state index in [2.05, 4.69) is 18.9 Å². The molecule has 70 valence electrons. The molecule has 12 heavy (non-hydrogen) atoms. The molecule has 0 radical (unpaired) electrons. The van der Waals surface area contributed by atoms with Crippen LogP contribution in [0.15, 0.2) is 0 Å². The van der Waals surface area contributed by atoms with Gasteiger partial charge in [-0.1, -0.05) is 19.8 Å². The molecular formula is C9H22NNaO. The minimum atomic E-state index is 0. The summed E-state index contributed by atoms with van der Waals surface area (Å²) < 4.78 is 0. The Labute approximate surface area is 98.6 Å². The van der Waals surface area contributed by atoms with Crippen LogP contribution >= 0.6 is 0 Å². The van der Waals surface area contributed by atoms with Crippen molar-refractivity contribution in [1.29, 1.82) is 0 Å². The van der Waals surface area contributed by atoms with Gasteiger partial charge in [0.15, 0.2) is 0 Å². The number of hydrogen-bond acceptors (Lipinski definition) is 2. The topological polar surface area (TPSA) is 23.5 Å². The van der Waals surface area contributed by atoms with Crippen molar-refractivity contribution in [2.45, 2.75) is 32.6 Å². The Hall–Kier alpha value is 0.920. The summed E-state index contributed by atoms with van der Waals surface area (Å²) >= 11 is 0. The summed E-state index contributed by atoms with van der Waals surface area (Å²) in [4.78, 5) is 2.28. The Morgan fingerprint density at radius 3 is 2.17 bits per heavy atom. The van der Waals surface area contributed by atoms with E-state index in [0.717, 1.165) is 13.0 Å². The number of unbranched alkanes of at least 4 members (excludes halogenated alkanes) is 2. The van der Waals surface area contributed by atoms with Gasteiger partial charge in [-0.15, -0.1) is 0 Å². The SMILES string of the molecule is CCCCCN(C)CCCO.[NaH]. The van der Waals surface area contributed by atoms with E-state index in [4.69, 9.17) is 5.11 Å². The van der Waals surface area contributed by atoms with Crippen molar-refractivity contribution in [2.75, 3.05) is 26.7 Å². The van der Waals surface area contributed by atoms with Crippen molar-refractivity contribution in [3.63, 3.8) is 0 Å². The van der Waals surface area contributed by atoms with Crippen LogP contribution in [0, 0.1) is 0 Å². The fourth-order valence-electron chi connectivity index (χ4n) is 1.08. The molecular weight excluding hydrogens is 161 g/mol. The van der Waals surface area contributed by atoms with Crippen molar-refractivity contribution < 1.29 is 5.11 Å². The molecule has 0 atom stereocenters. The second kappa shape index (κ2) is 11.9. The molecule has 0 unspecified atom stereocenters. The van der Waals surface area contributed by atoms with Gasteiger partial charge >= 0.3 is 29.6 Å². The average molecular weight is 183 g/mol. The molecule has 0 fully saturated rings. The van der Waals surface area contributed by atoms with Gasteiger partial charge in [0.1, 0.15) is 0 Å². The van der Waals surface area contributed by atoms with Crippen LogP contribution in [0.1, 0.15) is 32.6 Å². The molecule has 0 aromatic rings. The second-order valence-corrected chi connectivity index (χ2v) is 3.09. The summed E-state index contributed by atoms with van der Waals surface area (Å²) in [6.45, 7) is 4.74. The quantitative estimate of drug-likeness (QED) is 0.467. The van der Waals surface area contributed by atoms with Crippen LogP contribution in [0.5, 0.6) is 0 Å². The first-order valence-corrected chi connectivity index (χ1v) is 4.60. The summed E-state index contributed by atoms with van der Waals surface area (Å²) in [5, 5.41) is 8.56. The van der Waals surface area contributed by atoms with Crippen LogP contribution in [0.3, 0.4) is 0 Å². The van der Waals surface area contributed by atoms with Crippen LogP contribution in [0.25, 0.3) is 0 Å². The molecule has 0 saturated carbocycles. The first kappa shape index (κ1) is 15.4. The zero-order chi connectivity index (χ0) is 8.53. The Bertz CT molecular complexity index is 80.9. The Morgan fingerprint density at radius 1 is 1.08 bits per heavy atom. The van der Waals surface area contributed by atoms with Crippen molar-refractivity contribution in [2.24, 2.45) is 0 Å². The third-order valence-electron chi connectivity index (χ3n) is 1.84. The third kappa shape index (κ3) is 10.9. The van der Waals surface area contributed by atoms with E-state index in [1.165, 1.54) is 25.8 Å². The zero-order valence-corrected chi connectivity index (χ0v) is 7.84. The van der Waals surface area contributed by atoms with E-state index in [1.807, 2.05) is 0 Å². The normalized spacial score (nSPS) is 10.0. The van der Waals surface area contributed by atoms with Gasteiger partial charge in [-0.2, -0.15) is 0 Å². The van der Waals surface area contributed by atoms with Gasteiger partial charge in [0, 0.05) is 13.2 Å². The van der Waals surface area contributed by atoms with Crippen LogP contribution in [-0.4, -0.2) is 66.3 Å². The molecule has 0 saturated heterocycles. The van der Waals surface area contributed by atoms with E-state index in [9.17, 15) is 0 Å². The molecule has 0 aliphatic rings. The van der Waals surface area contributed by atoms with E-state index < -0.39 is 0 Å². The molecule has 0 bridgehead atoms. The monoisotopic (exact) mass is 183 g/mol. The average Bonchev–Trinajstić information content (AvgIpc) is 2.01. The predicted molar refractivity (Wildman–Crippen MR) is 55.9 cm³/mol. The molecule has 0 aromatic carbocycles. The number of aliphatic hydroxyl groups excluding tert-OH is 1.